The predicted octanol–water partition coefficient (Wildman–Crippen LogP) is -5.27. The van der Waals surface area contributed by atoms with Crippen LogP contribution in [0.1, 0.15) is 13.8 Å². The molecule has 1 rings (SSSR count). The molecule has 1 fully saturated rings. The van der Waals surface area contributed by atoms with Gasteiger partial charge in [-0.3, -0.25) is 9.59 Å². The largest absolute Gasteiger partial charge is 0.394 e. The van der Waals surface area contributed by atoms with Crippen molar-refractivity contribution in [3.8, 4) is 0 Å². The first-order valence-corrected chi connectivity index (χ1v) is 8.81. The Hall–Kier alpha value is -1.71. The molecular weight excluding hydrogens is 396 g/mol. The molecule has 8 N–H and O–H groups in total. The highest BCUT2D eigenvalue weighted by Gasteiger charge is 2.48. The smallest absolute Gasteiger partial charge is 0.217 e. The maximum absolute atomic E-state index is 11.4. The van der Waals surface area contributed by atoms with Crippen LogP contribution < -0.4 is 10.6 Å². The fraction of sp³-hybridized carbons (Fsp3) is 0.812. The molecule has 0 bridgehead atoms. The molecule has 0 unspecified atom stereocenters. The summed E-state index contributed by atoms with van der Waals surface area (Å²) >= 11 is 0. The molecule has 1 heterocycles. The van der Waals surface area contributed by atoms with Crippen LogP contribution in [-0.4, -0.2) is 117 Å². The van der Waals surface area contributed by atoms with Gasteiger partial charge < -0.3 is 55.5 Å². The molecule has 2 amide bonds. The molecule has 168 valence electrons. The van der Waals surface area contributed by atoms with Crippen LogP contribution in [0.3, 0.4) is 0 Å². The highest BCUT2D eigenvalue weighted by Crippen LogP contribution is 2.25. The highest BCUT2D eigenvalue weighted by molar-refractivity contribution is 5.77. The minimum atomic E-state index is -1.86. The van der Waals surface area contributed by atoms with Crippen molar-refractivity contribution in [1.82, 2.24) is 10.6 Å². The topological polar surface area (TPSA) is 215 Å². The van der Waals surface area contributed by atoms with Crippen LogP contribution in [0.15, 0.2) is 0 Å². The first-order valence-electron chi connectivity index (χ1n) is 8.81. The molecule has 0 radical (unpaired) electrons. The summed E-state index contributed by atoms with van der Waals surface area (Å²) < 4.78 is 10.8. The van der Waals surface area contributed by atoms with Gasteiger partial charge in [0.1, 0.15) is 55.0 Å². The number of carbonyl (C=O) groups excluding carboxylic acids is 3. The van der Waals surface area contributed by atoms with Gasteiger partial charge in [-0.15, -0.1) is 0 Å². The lowest BCUT2D eigenvalue weighted by molar-refractivity contribution is -0.299. The van der Waals surface area contributed by atoms with E-state index < -0.39 is 80.0 Å². The van der Waals surface area contributed by atoms with Crippen molar-refractivity contribution in [1.29, 1.82) is 0 Å². The van der Waals surface area contributed by atoms with Gasteiger partial charge in [0, 0.05) is 13.8 Å². The molecule has 0 spiro atoms. The normalized spacial score (nSPS) is 31.2. The molecular formula is C16H28N2O11. The lowest BCUT2D eigenvalue weighted by Crippen LogP contribution is -2.66. The van der Waals surface area contributed by atoms with Gasteiger partial charge in [0.15, 0.2) is 6.29 Å². The number of hydrogen-bond acceptors (Lipinski definition) is 11. The number of amides is 2. The van der Waals surface area contributed by atoms with Crippen LogP contribution in [0.5, 0.6) is 0 Å². The van der Waals surface area contributed by atoms with E-state index >= 15 is 0 Å². The average Bonchev–Trinajstić information content (AvgIpc) is 2.67. The number of hydrogen-bond donors (Lipinski definition) is 8. The van der Waals surface area contributed by atoms with Crippen molar-refractivity contribution >= 4 is 18.1 Å². The lowest BCUT2D eigenvalue weighted by atomic mass is 9.96. The van der Waals surface area contributed by atoms with Crippen molar-refractivity contribution < 1.29 is 54.5 Å². The summed E-state index contributed by atoms with van der Waals surface area (Å²) in [7, 11) is 0. The third-order valence-electron chi connectivity index (χ3n) is 4.33. The molecule has 13 nitrogen and oxygen atoms in total. The van der Waals surface area contributed by atoms with Crippen molar-refractivity contribution in [2.24, 2.45) is 0 Å². The monoisotopic (exact) mass is 424 g/mol. The predicted molar refractivity (Wildman–Crippen MR) is 93.0 cm³/mol. The quantitative estimate of drug-likeness (QED) is 0.155. The first kappa shape index (κ1) is 25.3. The van der Waals surface area contributed by atoms with Crippen molar-refractivity contribution in [2.75, 3.05) is 13.2 Å². The zero-order valence-corrected chi connectivity index (χ0v) is 15.9. The molecule has 0 saturated carbocycles. The molecule has 0 aromatic rings. The molecule has 1 aliphatic heterocycles. The Morgan fingerprint density at radius 2 is 1.76 bits per heavy atom. The Kier molecular flexibility index (Phi) is 10.0. The number of aliphatic hydroxyl groups is 6. The van der Waals surface area contributed by atoms with E-state index in [2.05, 4.69) is 10.6 Å². The van der Waals surface area contributed by atoms with E-state index in [0.717, 1.165) is 13.8 Å². The molecule has 9 atom stereocenters. The van der Waals surface area contributed by atoms with E-state index in [1.165, 1.54) is 0 Å². The summed E-state index contributed by atoms with van der Waals surface area (Å²) in [5.74, 6) is -1.30. The standard InChI is InChI=1S/C16H28N2O11/c1-6(22)17-8(3-19)12(25)15(9(24)4-20)29-16-11(18-7(2)23)14(27)13(26)10(5-21)28-16/h3,8-16,20-21,24-27H,4-5H2,1-2H3,(H,17,22)(H,18,23)/t8-,9-,10-,11+,12-,13-,14-,15-,16+/m1/s1. The lowest BCUT2D eigenvalue weighted by Gasteiger charge is -2.44. The highest BCUT2D eigenvalue weighted by atomic mass is 16.7. The van der Waals surface area contributed by atoms with Crippen molar-refractivity contribution in [3.63, 3.8) is 0 Å². The summed E-state index contributed by atoms with van der Waals surface area (Å²) in [6, 6.07) is -2.91. The second-order valence-corrected chi connectivity index (χ2v) is 6.64. The van der Waals surface area contributed by atoms with Gasteiger partial charge in [-0.25, -0.2) is 0 Å². The van der Waals surface area contributed by atoms with Crippen molar-refractivity contribution in [3.05, 3.63) is 0 Å². The van der Waals surface area contributed by atoms with Gasteiger partial charge in [0.05, 0.1) is 13.2 Å². The molecule has 29 heavy (non-hydrogen) atoms. The minimum Gasteiger partial charge on any atom is -0.394 e. The second-order valence-electron chi connectivity index (χ2n) is 6.64. The number of rotatable bonds is 10. The Balaban J connectivity index is 3.16. The van der Waals surface area contributed by atoms with E-state index in [9.17, 15) is 45.0 Å². The van der Waals surface area contributed by atoms with Crippen molar-refractivity contribution in [2.45, 2.75) is 68.8 Å². The summed E-state index contributed by atoms with van der Waals surface area (Å²) in [4.78, 5) is 33.9. The van der Waals surface area contributed by atoms with Gasteiger partial charge in [-0.2, -0.15) is 0 Å². The van der Waals surface area contributed by atoms with E-state index in [1.54, 1.807) is 0 Å². The van der Waals surface area contributed by atoms with Crippen LogP contribution in [0, 0.1) is 0 Å². The van der Waals surface area contributed by atoms with E-state index in [1.807, 2.05) is 0 Å². The van der Waals surface area contributed by atoms with Crippen LogP contribution in [0.25, 0.3) is 0 Å². The van der Waals surface area contributed by atoms with Crippen LogP contribution in [-0.2, 0) is 23.9 Å². The number of aldehydes is 1. The summed E-state index contributed by atoms with van der Waals surface area (Å²) in [6.45, 7) is 0.549. The van der Waals surface area contributed by atoms with Gasteiger partial charge in [0.2, 0.25) is 11.8 Å². The third kappa shape index (κ3) is 6.65. The fourth-order valence-electron chi connectivity index (χ4n) is 2.88. The SMILES string of the molecule is CC(=O)N[C@@H]1[C@H](O[C@@H]([C@H](O)[C@@H](C=O)NC(C)=O)[C@H](O)CO)O[C@H](CO)[C@@H](O)[C@@H]1O. The summed E-state index contributed by atoms with van der Waals surface area (Å²) in [6.07, 6.45) is -11.4. The number of nitrogens with one attached hydrogen (secondary N) is 2. The molecule has 0 aromatic carbocycles. The summed E-state index contributed by atoms with van der Waals surface area (Å²) in [5, 5.41) is 63.7. The Morgan fingerprint density at radius 1 is 1.14 bits per heavy atom. The molecule has 13 heteroatoms. The van der Waals surface area contributed by atoms with E-state index in [0.29, 0.717) is 0 Å². The molecule has 0 aromatic heterocycles. The van der Waals surface area contributed by atoms with E-state index in [4.69, 9.17) is 9.47 Å². The maximum Gasteiger partial charge on any atom is 0.217 e. The van der Waals surface area contributed by atoms with Gasteiger partial charge in [-0.05, 0) is 0 Å². The van der Waals surface area contributed by atoms with Gasteiger partial charge in [0.25, 0.3) is 0 Å². The van der Waals surface area contributed by atoms with Crippen LogP contribution in [0.4, 0.5) is 0 Å². The average molecular weight is 424 g/mol. The number of ether oxygens (including phenoxy) is 2. The number of carbonyl (C=O) groups is 3. The van der Waals surface area contributed by atoms with Crippen LogP contribution in [0.2, 0.25) is 0 Å². The fourth-order valence-corrected chi connectivity index (χ4v) is 2.88. The molecule has 1 saturated heterocycles. The Bertz CT molecular complexity index is 563. The molecule has 0 aliphatic carbocycles. The van der Waals surface area contributed by atoms with E-state index in [-0.39, 0.29) is 6.29 Å². The van der Waals surface area contributed by atoms with Gasteiger partial charge >= 0.3 is 0 Å². The maximum atomic E-state index is 11.4. The first-order chi connectivity index (χ1) is 13.6. The third-order valence-corrected chi connectivity index (χ3v) is 4.33. The number of aliphatic hydroxyl groups excluding tert-OH is 6. The zero-order valence-electron chi connectivity index (χ0n) is 15.9. The van der Waals surface area contributed by atoms with Crippen LogP contribution >= 0.6 is 0 Å². The summed E-state index contributed by atoms with van der Waals surface area (Å²) in [5.41, 5.74) is 0. The zero-order chi connectivity index (χ0) is 22.3. The van der Waals surface area contributed by atoms with Gasteiger partial charge in [-0.1, -0.05) is 0 Å². The second kappa shape index (κ2) is 11.5. The Labute approximate surface area is 166 Å². The Morgan fingerprint density at radius 3 is 2.21 bits per heavy atom. The molecule has 1 aliphatic rings. The minimum absolute atomic E-state index is 0.189.